The Balaban J connectivity index is 1.41. The number of nitrogens with one attached hydrogen (secondary N) is 2. The van der Waals surface area contributed by atoms with Crippen LogP contribution in [0.4, 0.5) is 5.82 Å². The molecule has 2 aliphatic rings. The van der Waals surface area contributed by atoms with Crippen molar-refractivity contribution in [3.05, 3.63) is 53.0 Å². The highest BCUT2D eigenvalue weighted by atomic mass is 16.1. The molecule has 1 saturated heterocycles. The van der Waals surface area contributed by atoms with Gasteiger partial charge in [-0.15, -0.1) is 0 Å². The second kappa shape index (κ2) is 8.05. The van der Waals surface area contributed by atoms with Gasteiger partial charge < -0.3 is 15.5 Å². The van der Waals surface area contributed by atoms with Gasteiger partial charge in [-0.25, -0.2) is 4.98 Å². The first kappa shape index (κ1) is 17.9. The fraction of sp³-hybridized carbons (Fsp3) is 0.476. The highest BCUT2D eigenvalue weighted by Gasteiger charge is 2.26. The van der Waals surface area contributed by atoms with Gasteiger partial charge in [-0.2, -0.15) is 0 Å². The Kier molecular flexibility index (Phi) is 5.34. The van der Waals surface area contributed by atoms with Gasteiger partial charge in [-0.05, 0) is 61.6 Å². The molecule has 0 spiro atoms. The number of pyridine rings is 2. The molecule has 4 rings (SSSR count). The van der Waals surface area contributed by atoms with E-state index in [1.807, 2.05) is 37.5 Å². The molecule has 1 fully saturated rings. The third kappa shape index (κ3) is 3.95. The lowest BCUT2D eigenvalue weighted by Gasteiger charge is -2.33. The van der Waals surface area contributed by atoms with Crippen LogP contribution in [0.5, 0.6) is 0 Å². The molecule has 4 heterocycles. The second-order valence-corrected chi connectivity index (χ2v) is 7.44. The molecule has 1 atom stereocenters. The van der Waals surface area contributed by atoms with Crippen molar-refractivity contribution >= 4 is 11.7 Å². The predicted molar refractivity (Wildman–Crippen MR) is 105 cm³/mol. The first-order chi connectivity index (χ1) is 13.2. The quantitative estimate of drug-likeness (QED) is 0.867. The Morgan fingerprint density at radius 1 is 1.37 bits per heavy atom. The van der Waals surface area contributed by atoms with Gasteiger partial charge in [-0.1, -0.05) is 6.07 Å². The monoisotopic (exact) mass is 365 g/mol. The largest absolute Gasteiger partial charge is 0.356 e. The van der Waals surface area contributed by atoms with E-state index in [2.05, 4.69) is 25.5 Å². The number of nitrogens with zero attached hydrogens (tertiary/aromatic N) is 3. The Morgan fingerprint density at radius 3 is 3.15 bits per heavy atom. The van der Waals surface area contributed by atoms with E-state index < -0.39 is 0 Å². The van der Waals surface area contributed by atoms with Crippen molar-refractivity contribution in [3.8, 4) is 0 Å². The topological polar surface area (TPSA) is 70.2 Å². The van der Waals surface area contributed by atoms with Gasteiger partial charge >= 0.3 is 0 Å². The number of rotatable bonds is 4. The molecule has 2 aromatic heterocycles. The number of amides is 1. The van der Waals surface area contributed by atoms with Crippen LogP contribution in [0.1, 0.15) is 35.2 Å². The van der Waals surface area contributed by atoms with E-state index in [0.29, 0.717) is 6.54 Å². The minimum Gasteiger partial charge on any atom is -0.356 e. The Hall–Kier alpha value is -2.47. The zero-order valence-corrected chi connectivity index (χ0v) is 15.9. The van der Waals surface area contributed by atoms with E-state index in [4.69, 9.17) is 0 Å². The minimum atomic E-state index is 0.00947. The molecule has 2 aliphatic heterocycles. The van der Waals surface area contributed by atoms with Crippen LogP contribution in [0.2, 0.25) is 0 Å². The molecule has 0 aliphatic carbocycles. The molecule has 0 bridgehead atoms. The average molecular weight is 365 g/mol. The highest BCUT2D eigenvalue weighted by Crippen LogP contribution is 2.23. The summed E-state index contributed by atoms with van der Waals surface area (Å²) in [6.07, 6.45) is 6.72. The Bertz CT molecular complexity index is 808. The van der Waals surface area contributed by atoms with E-state index in [1.54, 1.807) is 0 Å². The Morgan fingerprint density at radius 2 is 2.30 bits per heavy atom. The van der Waals surface area contributed by atoms with E-state index in [-0.39, 0.29) is 11.8 Å². The standard InChI is InChI=1S/C21H27N5O/c1-15-19(18-7-9-22-11-17(18)12-24-15)13-25-21(27)16-5-4-10-26(14-16)20-6-2-3-8-23-20/h2-3,6,8,12,16,22H,4-5,7,9-11,13-14H2,1H3,(H,25,27). The normalized spacial score (nSPS) is 19.4. The van der Waals surface area contributed by atoms with Crippen LogP contribution in [0.25, 0.3) is 0 Å². The lowest BCUT2D eigenvalue weighted by atomic mass is 9.94. The fourth-order valence-corrected chi connectivity index (χ4v) is 4.14. The van der Waals surface area contributed by atoms with Crippen LogP contribution in [0, 0.1) is 12.8 Å². The van der Waals surface area contributed by atoms with Crippen LogP contribution in [-0.4, -0.2) is 35.5 Å². The van der Waals surface area contributed by atoms with E-state index in [9.17, 15) is 4.79 Å². The molecular formula is C21H27N5O. The number of carbonyl (C=O) groups is 1. The second-order valence-electron chi connectivity index (χ2n) is 7.44. The number of hydrogen-bond acceptors (Lipinski definition) is 5. The van der Waals surface area contributed by atoms with Crippen molar-refractivity contribution in [2.75, 3.05) is 24.5 Å². The molecule has 2 N–H and O–H groups in total. The van der Waals surface area contributed by atoms with Gasteiger partial charge in [0, 0.05) is 44.3 Å². The lowest BCUT2D eigenvalue weighted by molar-refractivity contribution is -0.125. The molecule has 27 heavy (non-hydrogen) atoms. The summed E-state index contributed by atoms with van der Waals surface area (Å²) in [5.41, 5.74) is 4.84. The molecular weight excluding hydrogens is 338 g/mol. The number of carbonyl (C=O) groups excluding carboxylic acids is 1. The number of aryl methyl sites for hydroxylation is 1. The summed E-state index contributed by atoms with van der Waals surface area (Å²) in [6, 6.07) is 5.93. The minimum absolute atomic E-state index is 0.00947. The van der Waals surface area contributed by atoms with Gasteiger partial charge in [0.15, 0.2) is 0 Å². The van der Waals surface area contributed by atoms with Crippen LogP contribution in [-0.2, 0) is 24.3 Å². The fourth-order valence-electron chi connectivity index (χ4n) is 4.14. The average Bonchev–Trinajstić information content (AvgIpc) is 2.73. The maximum atomic E-state index is 12.8. The van der Waals surface area contributed by atoms with E-state index >= 15 is 0 Å². The first-order valence-corrected chi connectivity index (χ1v) is 9.83. The van der Waals surface area contributed by atoms with Crippen LogP contribution >= 0.6 is 0 Å². The summed E-state index contributed by atoms with van der Waals surface area (Å²) in [4.78, 5) is 24.0. The third-order valence-electron chi connectivity index (χ3n) is 5.67. The van der Waals surface area contributed by atoms with E-state index in [1.165, 1.54) is 16.7 Å². The smallest absolute Gasteiger partial charge is 0.225 e. The van der Waals surface area contributed by atoms with Crippen molar-refractivity contribution in [3.63, 3.8) is 0 Å². The van der Waals surface area contributed by atoms with Crippen LogP contribution in [0.3, 0.4) is 0 Å². The molecule has 2 aromatic rings. The predicted octanol–water partition coefficient (Wildman–Crippen LogP) is 1.96. The number of aromatic nitrogens is 2. The SMILES string of the molecule is Cc1ncc2c(c1CNC(=O)C1CCCN(c3ccccn3)C1)CCNC2. The van der Waals surface area contributed by atoms with Crippen LogP contribution < -0.4 is 15.5 Å². The zero-order chi connectivity index (χ0) is 18.6. The summed E-state index contributed by atoms with van der Waals surface area (Å²) in [5, 5.41) is 6.57. The van der Waals surface area contributed by atoms with Crippen LogP contribution in [0.15, 0.2) is 30.6 Å². The maximum absolute atomic E-state index is 12.8. The number of anilines is 1. The lowest BCUT2D eigenvalue weighted by Crippen LogP contribution is -2.43. The zero-order valence-electron chi connectivity index (χ0n) is 15.9. The maximum Gasteiger partial charge on any atom is 0.225 e. The number of piperidine rings is 1. The number of hydrogen-bond donors (Lipinski definition) is 2. The summed E-state index contributed by atoms with van der Waals surface area (Å²) < 4.78 is 0. The van der Waals surface area contributed by atoms with Gasteiger partial charge in [0.05, 0.1) is 5.92 Å². The third-order valence-corrected chi connectivity index (χ3v) is 5.67. The van der Waals surface area contributed by atoms with Gasteiger partial charge in [0.1, 0.15) is 5.82 Å². The molecule has 1 amide bonds. The van der Waals surface area contributed by atoms with Gasteiger partial charge in [-0.3, -0.25) is 9.78 Å². The summed E-state index contributed by atoms with van der Waals surface area (Å²) in [6.45, 7) is 6.15. The highest BCUT2D eigenvalue weighted by molar-refractivity contribution is 5.79. The Labute approximate surface area is 160 Å². The number of fused-ring (bicyclic) bond motifs is 1. The molecule has 0 radical (unpaired) electrons. The van der Waals surface area contributed by atoms with Crippen molar-refractivity contribution in [2.24, 2.45) is 5.92 Å². The van der Waals surface area contributed by atoms with Crippen molar-refractivity contribution in [1.29, 1.82) is 0 Å². The summed E-state index contributed by atoms with van der Waals surface area (Å²) in [5.74, 6) is 1.11. The first-order valence-electron chi connectivity index (χ1n) is 9.83. The van der Waals surface area contributed by atoms with E-state index in [0.717, 1.165) is 57.0 Å². The molecule has 0 saturated carbocycles. The molecule has 142 valence electrons. The summed E-state index contributed by atoms with van der Waals surface area (Å²) in [7, 11) is 0. The van der Waals surface area contributed by atoms with Crippen molar-refractivity contribution < 1.29 is 4.79 Å². The van der Waals surface area contributed by atoms with Crippen molar-refractivity contribution in [2.45, 2.75) is 39.3 Å². The molecule has 6 heteroatoms. The molecule has 1 unspecified atom stereocenters. The van der Waals surface area contributed by atoms with Gasteiger partial charge in [0.2, 0.25) is 5.91 Å². The summed E-state index contributed by atoms with van der Waals surface area (Å²) >= 11 is 0. The molecule has 6 nitrogen and oxygen atoms in total. The van der Waals surface area contributed by atoms with Gasteiger partial charge in [0.25, 0.3) is 0 Å². The molecule has 0 aromatic carbocycles. The van der Waals surface area contributed by atoms with Crippen molar-refractivity contribution in [1.82, 2.24) is 20.6 Å².